The molecule has 7 heteroatoms. The van der Waals surface area contributed by atoms with Gasteiger partial charge in [0.1, 0.15) is 13.7 Å². The molecule has 6 nitrogen and oxygen atoms in total. The summed E-state index contributed by atoms with van der Waals surface area (Å²) in [7, 11) is -1.56. The molecule has 0 spiro atoms. The van der Waals surface area contributed by atoms with Crippen LogP contribution in [-0.4, -0.2) is 61.9 Å². The molecule has 0 saturated carbocycles. The number of carbonyl (C=O) groups excluding carboxylic acids is 1. The van der Waals surface area contributed by atoms with Gasteiger partial charge in [-0.05, 0) is 39.0 Å². The van der Waals surface area contributed by atoms with Crippen LogP contribution in [0.15, 0.2) is 18.2 Å². The Bertz CT molecular complexity index is 804. The summed E-state index contributed by atoms with van der Waals surface area (Å²) in [6.45, 7) is 14.3. The van der Waals surface area contributed by atoms with Gasteiger partial charge in [-0.3, -0.25) is 0 Å². The van der Waals surface area contributed by atoms with Crippen LogP contribution in [0.1, 0.15) is 36.7 Å². The highest BCUT2D eigenvalue weighted by atomic mass is 28.3. The number of piperazine rings is 1. The van der Waals surface area contributed by atoms with Gasteiger partial charge >= 0.3 is 12.1 Å². The second-order valence-corrected chi connectivity index (χ2v) is 13.8. The number of nitrogens with zero attached hydrogens (tertiary/aromatic N) is 2. The third-order valence-corrected chi connectivity index (χ3v) is 4.92. The van der Waals surface area contributed by atoms with E-state index >= 15 is 0 Å². The summed E-state index contributed by atoms with van der Waals surface area (Å²) < 4.78 is 5.43. The zero-order chi connectivity index (χ0) is 21.1. The Kier molecular flexibility index (Phi) is 6.45. The van der Waals surface area contributed by atoms with Crippen LogP contribution >= 0.6 is 0 Å². The summed E-state index contributed by atoms with van der Waals surface area (Å²) in [5.74, 6) is 2.18. The maximum atomic E-state index is 12.2. The summed E-state index contributed by atoms with van der Waals surface area (Å²) in [4.78, 5) is 27.5. The summed E-state index contributed by atoms with van der Waals surface area (Å²) in [6.07, 6.45) is -0.312. The Balaban J connectivity index is 2.17. The average Bonchev–Trinajstić information content (AvgIpc) is 2.58. The van der Waals surface area contributed by atoms with Gasteiger partial charge in [0.15, 0.2) is 0 Å². The van der Waals surface area contributed by atoms with Gasteiger partial charge in [0.2, 0.25) is 0 Å². The maximum absolute atomic E-state index is 12.2. The van der Waals surface area contributed by atoms with Crippen LogP contribution in [-0.2, 0) is 4.74 Å². The number of benzene rings is 1. The van der Waals surface area contributed by atoms with Gasteiger partial charge in [0, 0.05) is 37.4 Å². The lowest BCUT2D eigenvalue weighted by atomic mass is 10.1. The molecule has 1 fully saturated rings. The van der Waals surface area contributed by atoms with Crippen LogP contribution in [0.5, 0.6) is 0 Å². The van der Waals surface area contributed by atoms with Crippen molar-refractivity contribution < 1.29 is 19.4 Å². The number of hydrogen-bond donors (Lipinski definition) is 1. The molecule has 28 heavy (non-hydrogen) atoms. The topological polar surface area (TPSA) is 70.1 Å². The molecule has 0 radical (unpaired) electrons. The zero-order valence-electron chi connectivity index (χ0n) is 17.6. The molecule has 1 aliphatic heterocycles. The van der Waals surface area contributed by atoms with E-state index in [9.17, 15) is 14.7 Å². The Morgan fingerprint density at radius 3 is 2.18 bits per heavy atom. The van der Waals surface area contributed by atoms with Crippen molar-refractivity contribution in [2.45, 2.75) is 46.0 Å². The van der Waals surface area contributed by atoms with Crippen molar-refractivity contribution in [2.24, 2.45) is 0 Å². The van der Waals surface area contributed by atoms with E-state index < -0.39 is 19.6 Å². The SMILES string of the molecule is CC(C)(C)OC(=O)N1CCN(c2cc(C#C[Si](C)(C)C)cc(C(=O)O)c2)CC1. The second kappa shape index (κ2) is 8.27. The molecule has 0 aliphatic carbocycles. The van der Waals surface area contributed by atoms with Crippen LogP contribution in [0.4, 0.5) is 10.5 Å². The van der Waals surface area contributed by atoms with E-state index in [1.807, 2.05) is 26.8 Å². The first-order chi connectivity index (χ1) is 12.8. The lowest BCUT2D eigenvalue weighted by molar-refractivity contribution is 0.0240. The molecular formula is C21H30N2O4Si. The fourth-order valence-corrected chi connectivity index (χ4v) is 3.24. The van der Waals surface area contributed by atoms with E-state index in [0.717, 1.165) is 5.69 Å². The first kappa shape index (κ1) is 21.8. The largest absolute Gasteiger partial charge is 0.478 e. The van der Waals surface area contributed by atoms with Crippen molar-refractivity contribution in [2.75, 3.05) is 31.1 Å². The van der Waals surface area contributed by atoms with E-state index in [4.69, 9.17) is 4.74 Å². The average molecular weight is 403 g/mol. The first-order valence-corrected chi connectivity index (χ1v) is 13.0. The van der Waals surface area contributed by atoms with Crippen molar-refractivity contribution in [1.29, 1.82) is 0 Å². The first-order valence-electron chi connectivity index (χ1n) is 9.48. The van der Waals surface area contributed by atoms with E-state index in [1.165, 1.54) is 0 Å². The summed E-state index contributed by atoms with van der Waals surface area (Å²) in [6, 6.07) is 5.23. The summed E-state index contributed by atoms with van der Waals surface area (Å²) in [5.41, 5.74) is 4.53. The molecule has 0 bridgehead atoms. The molecule has 1 aromatic rings. The van der Waals surface area contributed by atoms with Gasteiger partial charge in [-0.2, -0.15) is 0 Å². The summed E-state index contributed by atoms with van der Waals surface area (Å²) in [5, 5.41) is 9.46. The number of carboxylic acid groups (broad SMARTS) is 1. The van der Waals surface area contributed by atoms with Crippen molar-refractivity contribution in [3.8, 4) is 11.5 Å². The second-order valence-electron chi connectivity index (χ2n) is 9.03. The molecule has 1 aromatic carbocycles. The fraction of sp³-hybridized carbons (Fsp3) is 0.524. The van der Waals surface area contributed by atoms with Gasteiger partial charge in [0.05, 0.1) is 5.56 Å². The van der Waals surface area contributed by atoms with Crippen LogP contribution in [0.3, 0.4) is 0 Å². The molecule has 0 atom stereocenters. The molecule has 1 aliphatic rings. The molecule has 0 unspecified atom stereocenters. The fourth-order valence-electron chi connectivity index (χ4n) is 2.72. The predicted molar refractivity (Wildman–Crippen MR) is 114 cm³/mol. The van der Waals surface area contributed by atoms with Crippen molar-refractivity contribution >= 4 is 25.8 Å². The van der Waals surface area contributed by atoms with Crippen LogP contribution in [0, 0.1) is 11.5 Å². The standard InChI is InChI=1S/C21H30N2O4Si/c1-21(2,3)27-20(26)23-10-8-22(9-11-23)18-14-16(7-12-28(4,5)6)13-17(15-18)19(24)25/h13-15H,8-11H2,1-6H3,(H,24,25). The highest BCUT2D eigenvalue weighted by Gasteiger charge is 2.26. The minimum atomic E-state index is -1.56. The van der Waals surface area contributed by atoms with Gasteiger partial charge in [0.25, 0.3) is 0 Å². The normalized spacial score (nSPS) is 14.9. The molecule has 0 aromatic heterocycles. The molecule has 2 rings (SSSR count). The molecule has 1 N–H and O–H groups in total. The number of amides is 1. The van der Waals surface area contributed by atoms with Gasteiger partial charge in [-0.25, -0.2) is 9.59 Å². The van der Waals surface area contributed by atoms with Gasteiger partial charge in [-0.1, -0.05) is 25.6 Å². The number of anilines is 1. The molecule has 1 amide bonds. The van der Waals surface area contributed by atoms with E-state index in [0.29, 0.717) is 31.7 Å². The molecule has 152 valence electrons. The third-order valence-electron chi connectivity index (χ3n) is 4.04. The smallest absolute Gasteiger partial charge is 0.410 e. The lowest BCUT2D eigenvalue weighted by Crippen LogP contribution is -2.50. The zero-order valence-corrected chi connectivity index (χ0v) is 18.6. The van der Waals surface area contributed by atoms with Crippen LogP contribution < -0.4 is 4.90 Å². The Morgan fingerprint density at radius 2 is 1.68 bits per heavy atom. The number of carbonyl (C=O) groups is 2. The van der Waals surface area contributed by atoms with E-state index in [2.05, 4.69) is 36.0 Å². The molecule has 1 heterocycles. The van der Waals surface area contributed by atoms with Crippen molar-refractivity contribution in [3.05, 3.63) is 29.3 Å². The monoisotopic (exact) mass is 402 g/mol. The molecule has 1 saturated heterocycles. The number of carboxylic acids is 1. The van der Waals surface area contributed by atoms with Crippen LogP contribution in [0.2, 0.25) is 19.6 Å². The Hall–Kier alpha value is -2.46. The Labute approximate surface area is 168 Å². The minimum Gasteiger partial charge on any atom is -0.478 e. The van der Waals surface area contributed by atoms with E-state index in [-0.39, 0.29) is 11.7 Å². The minimum absolute atomic E-state index is 0.229. The van der Waals surface area contributed by atoms with Crippen molar-refractivity contribution in [3.63, 3.8) is 0 Å². The number of rotatable bonds is 2. The highest BCUT2D eigenvalue weighted by molar-refractivity contribution is 6.83. The van der Waals surface area contributed by atoms with Crippen LogP contribution in [0.25, 0.3) is 0 Å². The van der Waals surface area contributed by atoms with Crippen molar-refractivity contribution in [1.82, 2.24) is 4.90 Å². The number of ether oxygens (including phenoxy) is 1. The predicted octanol–water partition coefficient (Wildman–Crippen LogP) is 3.67. The maximum Gasteiger partial charge on any atom is 0.410 e. The molecular weight excluding hydrogens is 372 g/mol. The highest BCUT2D eigenvalue weighted by Crippen LogP contribution is 2.22. The number of hydrogen-bond acceptors (Lipinski definition) is 4. The lowest BCUT2D eigenvalue weighted by Gasteiger charge is -2.36. The third kappa shape index (κ3) is 6.61. The number of aromatic carboxylic acids is 1. The van der Waals surface area contributed by atoms with Gasteiger partial charge < -0.3 is 19.6 Å². The van der Waals surface area contributed by atoms with E-state index in [1.54, 1.807) is 17.0 Å². The van der Waals surface area contributed by atoms with Gasteiger partial charge in [-0.15, -0.1) is 5.54 Å². The Morgan fingerprint density at radius 1 is 1.07 bits per heavy atom. The summed E-state index contributed by atoms with van der Waals surface area (Å²) >= 11 is 0. The quantitative estimate of drug-likeness (QED) is 0.604.